The van der Waals surface area contributed by atoms with Gasteiger partial charge in [-0.15, -0.1) is 0 Å². The molecule has 5 heteroatoms. The monoisotopic (exact) mass is 334 g/mol. The Balaban J connectivity index is 2.01. The highest BCUT2D eigenvalue weighted by Gasteiger charge is 2.18. The lowest BCUT2D eigenvalue weighted by molar-refractivity contribution is -0.117. The summed E-state index contributed by atoms with van der Waals surface area (Å²) in [5, 5.41) is 6.15. The molecule has 0 bridgehead atoms. The van der Waals surface area contributed by atoms with Gasteiger partial charge in [0.05, 0.1) is 16.8 Å². The zero-order valence-corrected chi connectivity index (χ0v) is 14.1. The van der Waals surface area contributed by atoms with Gasteiger partial charge >= 0.3 is 0 Å². The summed E-state index contributed by atoms with van der Waals surface area (Å²) in [5.41, 5.74) is 2.71. The second-order valence-electron chi connectivity index (χ2n) is 5.58. The molecule has 2 rings (SSSR count). The first-order valence-corrected chi connectivity index (χ1v) is 7.83. The van der Waals surface area contributed by atoms with Gasteiger partial charge in [-0.1, -0.05) is 35.9 Å². The number of hydrogen-bond acceptors (Lipinski definition) is 2. The number of rotatable bonds is 5. The fourth-order valence-corrected chi connectivity index (χ4v) is 2.66. The van der Waals surface area contributed by atoms with E-state index < -0.39 is 11.9 Å². The van der Waals surface area contributed by atoms with E-state index in [9.17, 15) is 9.18 Å². The summed E-state index contributed by atoms with van der Waals surface area (Å²) in [7, 11) is 0. The number of nitrogens with one attached hydrogen (secondary N) is 2. The van der Waals surface area contributed by atoms with Crippen LogP contribution in [-0.4, -0.2) is 11.9 Å². The van der Waals surface area contributed by atoms with E-state index in [4.69, 9.17) is 11.6 Å². The first-order chi connectivity index (χ1) is 10.9. The van der Waals surface area contributed by atoms with Crippen LogP contribution in [0.3, 0.4) is 0 Å². The fourth-order valence-electron chi connectivity index (χ4n) is 2.44. The number of benzene rings is 2. The van der Waals surface area contributed by atoms with Crippen LogP contribution < -0.4 is 10.6 Å². The maximum atomic E-state index is 13.0. The first kappa shape index (κ1) is 17.4. The summed E-state index contributed by atoms with van der Waals surface area (Å²) in [6.07, 6.45) is 0. The van der Waals surface area contributed by atoms with Crippen molar-refractivity contribution in [3.8, 4) is 0 Å². The third kappa shape index (κ3) is 4.53. The van der Waals surface area contributed by atoms with Crippen molar-refractivity contribution in [3.05, 3.63) is 64.4 Å². The van der Waals surface area contributed by atoms with Crippen LogP contribution in [0.15, 0.2) is 42.5 Å². The molecule has 0 saturated carbocycles. The molecule has 0 aliphatic heterocycles. The van der Waals surface area contributed by atoms with Gasteiger partial charge in [-0.25, -0.2) is 4.39 Å². The molecule has 0 radical (unpaired) electrons. The second kappa shape index (κ2) is 7.57. The topological polar surface area (TPSA) is 41.1 Å². The fraction of sp³-hybridized carbons (Fsp3) is 0.278. The van der Waals surface area contributed by atoms with Gasteiger partial charge in [0, 0.05) is 6.04 Å². The van der Waals surface area contributed by atoms with Gasteiger partial charge in [0.2, 0.25) is 5.91 Å². The Morgan fingerprint density at radius 3 is 2.52 bits per heavy atom. The Labute approximate surface area is 140 Å². The van der Waals surface area contributed by atoms with Crippen LogP contribution in [-0.2, 0) is 4.79 Å². The normalized spacial score (nSPS) is 13.4. The summed E-state index contributed by atoms with van der Waals surface area (Å²) < 4.78 is 13.0. The Morgan fingerprint density at radius 2 is 1.87 bits per heavy atom. The molecule has 0 aliphatic carbocycles. The second-order valence-corrected chi connectivity index (χ2v) is 5.99. The number of anilines is 1. The van der Waals surface area contributed by atoms with E-state index in [-0.39, 0.29) is 17.0 Å². The third-order valence-electron chi connectivity index (χ3n) is 3.74. The minimum absolute atomic E-state index is 0.0284. The van der Waals surface area contributed by atoms with E-state index in [0.29, 0.717) is 5.69 Å². The summed E-state index contributed by atoms with van der Waals surface area (Å²) in [4.78, 5) is 12.3. The lowest BCUT2D eigenvalue weighted by atomic mass is 10.0. The molecule has 2 N–H and O–H groups in total. The molecule has 2 atom stereocenters. The number of halogens is 2. The lowest BCUT2D eigenvalue weighted by Crippen LogP contribution is -2.39. The van der Waals surface area contributed by atoms with Crippen molar-refractivity contribution in [2.45, 2.75) is 32.9 Å². The number of aryl methyl sites for hydroxylation is 1. The van der Waals surface area contributed by atoms with Crippen molar-refractivity contribution in [2.75, 3.05) is 5.32 Å². The summed E-state index contributed by atoms with van der Waals surface area (Å²) >= 11 is 5.93. The van der Waals surface area contributed by atoms with Crippen LogP contribution in [0, 0.1) is 12.7 Å². The molecule has 0 aromatic heterocycles. The molecule has 2 unspecified atom stereocenters. The van der Waals surface area contributed by atoms with Crippen LogP contribution in [0.4, 0.5) is 10.1 Å². The lowest BCUT2D eigenvalue weighted by Gasteiger charge is -2.21. The molecule has 0 fully saturated rings. The molecular formula is C18H20ClFN2O. The van der Waals surface area contributed by atoms with Crippen LogP contribution in [0.5, 0.6) is 0 Å². The zero-order chi connectivity index (χ0) is 17.0. The SMILES string of the molecule is Cc1ccccc1C(C)NC(C)C(=O)Nc1ccc(F)cc1Cl. The highest BCUT2D eigenvalue weighted by atomic mass is 35.5. The van der Waals surface area contributed by atoms with Gasteiger partial charge in [-0.3, -0.25) is 10.1 Å². The Kier molecular flexibility index (Phi) is 5.74. The maximum Gasteiger partial charge on any atom is 0.241 e. The standard InChI is InChI=1S/C18H20ClFN2O/c1-11-6-4-5-7-15(11)12(2)21-13(3)18(23)22-17-9-8-14(20)10-16(17)19/h4-10,12-13,21H,1-3H3,(H,22,23). The molecule has 0 spiro atoms. The predicted molar refractivity (Wildman–Crippen MR) is 92.2 cm³/mol. The van der Waals surface area contributed by atoms with Gasteiger partial charge < -0.3 is 5.32 Å². The average molecular weight is 335 g/mol. The van der Waals surface area contributed by atoms with Crippen LogP contribution in [0.1, 0.15) is 31.0 Å². The van der Waals surface area contributed by atoms with Crippen LogP contribution in [0.25, 0.3) is 0 Å². The molecule has 0 saturated heterocycles. The van der Waals surface area contributed by atoms with Gasteiger partial charge in [-0.2, -0.15) is 0 Å². The smallest absolute Gasteiger partial charge is 0.241 e. The van der Waals surface area contributed by atoms with Gasteiger partial charge in [-0.05, 0) is 50.1 Å². The molecule has 2 aromatic rings. The third-order valence-corrected chi connectivity index (χ3v) is 4.05. The van der Waals surface area contributed by atoms with Crippen molar-refractivity contribution in [2.24, 2.45) is 0 Å². The van der Waals surface area contributed by atoms with Crippen LogP contribution >= 0.6 is 11.6 Å². The van der Waals surface area contributed by atoms with Gasteiger partial charge in [0.15, 0.2) is 0 Å². The zero-order valence-electron chi connectivity index (χ0n) is 13.4. The Morgan fingerprint density at radius 1 is 1.17 bits per heavy atom. The molecule has 122 valence electrons. The number of carbonyl (C=O) groups excluding carboxylic acids is 1. The van der Waals surface area contributed by atoms with E-state index in [0.717, 1.165) is 5.56 Å². The molecule has 23 heavy (non-hydrogen) atoms. The van der Waals surface area contributed by atoms with Crippen LogP contribution in [0.2, 0.25) is 5.02 Å². The molecule has 3 nitrogen and oxygen atoms in total. The quantitative estimate of drug-likeness (QED) is 0.847. The highest BCUT2D eigenvalue weighted by Crippen LogP contribution is 2.23. The minimum atomic E-state index is -0.438. The van der Waals surface area contributed by atoms with Crippen molar-refractivity contribution < 1.29 is 9.18 Å². The summed E-state index contributed by atoms with van der Waals surface area (Å²) in [5.74, 6) is -0.661. The molecule has 0 aliphatic rings. The molecule has 2 aromatic carbocycles. The molecule has 1 amide bonds. The maximum absolute atomic E-state index is 13.0. The van der Waals surface area contributed by atoms with Crippen molar-refractivity contribution in [1.29, 1.82) is 0 Å². The van der Waals surface area contributed by atoms with Crippen molar-refractivity contribution in [3.63, 3.8) is 0 Å². The summed E-state index contributed by atoms with van der Waals surface area (Å²) in [6.45, 7) is 5.83. The Bertz CT molecular complexity index is 705. The van der Waals surface area contributed by atoms with E-state index in [1.165, 1.54) is 23.8 Å². The van der Waals surface area contributed by atoms with Gasteiger partial charge in [0.25, 0.3) is 0 Å². The average Bonchev–Trinajstić information content (AvgIpc) is 2.50. The van der Waals surface area contributed by atoms with Crippen molar-refractivity contribution in [1.82, 2.24) is 5.32 Å². The van der Waals surface area contributed by atoms with E-state index >= 15 is 0 Å². The van der Waals surface area contributed by atoms with E-state index in [1.807, 2.05) is 38.1 Å². The number of hydrogen-bond donors (Lipinski definition) is 2. The molecular weight excluding hydrogens is 315 g/mol. The largest absolute Gasteiger partial charge is 0.323 e. The highest BCUT2D eigenvalue weighted by molar-refractivity contribution is 6.33. The number of carbonyl (C=O) groups is 1. The minimum Gasteiger partial charge on any atom is -0.323 e. The molecule has 0 heterocycles. The summed E-state index contributed by atoms with van der Waals surface area (Å²) in [6, 6.07) is 11.5. The van der Waals surface area contributed by atoms with Gasteiger partial charge in [0.1, 0.15) is 5.82 Å². The number of amides is 1. The Hall–Kier alpha value is -1.91. The van der Waals surface area contributed by atoms with E-state index in [1.54, 1.807) is 6.92 Å². The predicted octanol–water partition coefficient (Wildman–Crippen LogP) is 4.47. The van der Waals surface area contributed by atoms with Crippen molar-refractivity contribution >= 4 is 23.2 Å². The first-order valence-electron chi connectivity index (χ1n) is 7.46. The van der Waals surface area contributed by atoms with E-state index in [2.05, 4.69) is 10.6 Å².